The molecule has 0 aromatic heterocycles. The Kier molecular flexibility index (Phi) is 7.15. The quantitative estimate of drug-likeness (QED) is 0.504. The van der Waals surface area contributed by atoms with E-state index < -0.39 is 5.60 Å². The molecule has 0 spiro atoms. The molecule has 1 unspecified atom stereocenters. The summed E-state index contributed by atoms with van der Waals surface area (Å²) in [6, 6.07) is 0. The van der Waals surface area contributed by atoms with Crippen LogP contribution in [0.4, 0.5) is 0 Å². The molecule has 0 bridgehead atoms. The third-order valence-electron chi connectivity index (χ3n) is 2.38. The molecule has 0 heterocycles. The summed E-state index contributed by atoms with van der Waals surface area (Å²) in [5.74, 6) is 0.329. The molecule has 0 saturated carbocycles. The van der Waals surface area contributed by atoms with E-state index in [0.29, 0.717) is 12.3 Å². The summed E-state index contributed by atoms with van der Waals surface area (Å²) in [5.41, 5.74) is -1.09. The zero-order valence-corrected chi connectivity index (χ0v) is 15.0. The lowest BCUT2D eigenvalue weighted by atomic mass is 9.94. The fourth-order valence-corrected chi connectivity index (χ4v) is 1.34. The fraction of sp³-hybridized carbons (Fsp3) is 1.00. The minimum atomic E-state index is -0.441. The molecule has 122 valence electrons. The molecule has 20 heavy (non-hydrogen) atoms. The first-order valence-electron chi connectivity index (χ1n) is 7.43. The topological polar surface area (TPSA) is 36.9 Å². The van der Waals surface area contributed by atoms with Gasteiger partial charge in [-0.2, -0.15) is 0 Å². The van der Waals surface area contributed by atoms with Crippen LogP contribution in [0.3, 0.4) is 0 Å². The van der Waals surface area contributed by atoms with E-state index in [4.69, 9.17) is 19.6 Å². The molecule has 0 rings (SSSR count). The summed E-state index contributed by atoms with van der Waals surface area (Å²) in [7, 11) is 0. The van der Waals surface area contributed by atoms with E-state index in [2.05, 4.69) is 13.8 Å². The first kappa shape index (κ1) is 19.8. The zero-order chi connectivity index (χ0) is 16.2. The minimum absolute atomic E-state index is 0.0483. The van der Waals surface area contributed by atoms with Crippen LogP contribution in [-0.2, 0) is 19.6 Å². The van der Waals surface area contributed by atoms with Crippen molar-refractivity contribution in [3.05, 3.63) is 0 Å². The molecule has 0 radical (unpaired) electrons. The fourth-order valence-electron chi connectivity index (χ4n) is 1.34. The van der Waals surface area contributed by atoms with Crippen LogP contribution in [0.15, 0.2) is 0 Å². The van der Waals surface area contributed by atoms with Crippen LogP contribution in [-0.4, -0.2) is 22.9 Å². The van der Waals surface area contributed by atoms with Gasteiger partial charge in [0.2, 0.25) is 0 Å². The summed E-state index contributed by atoms with van der Waals surface area (Å²) in [4.78, 5) is 22.0. The van der Waals surface area contributed by atoms with Gasteiger partial charge in [0.05, 0.1) is 17.3 Å². The molecule has 0 aromatic carbocycles. The van der Waals surface area contributed by atoms with Crippen molar-refractivity contribution in [3.63, 3.8) is 0 Å². The van der Waals surface area contributed by atoms with Gasteiger partial charge in [0.15, 0.2) is 0 Å². The average Bonchev–Trinajstić information content (AvgIpc) is 2.19. The second-order valence-electron chi connectivity index (χ2n) is 8.32. The molecule has 0 aliphatic heterocycles. The lowest BCUT2D eigenvalue weighted by molar-refractivity contribution is -0.417. The highest BCUT2D eigenvalue weighted by Crippen LogP contribution is 2.26. The maximum atomic E-state index is 5.60. The van der Waals surface area contributed by atoms with Crippen LogP contribution in [0.2, 0.25) is 0 Å². The highest BCUT2D eigenvalue weighted by Gasteiger charge is 2.31. The molecule has 1 atom stereocenters. The van der Waals surface area contributed by atoms with Gasteiger partial charge in [-0.3, -0.25) is 0 Å². The van der Waals surface area contributed by atoms with Crippen molar-refractivity contribution >= 4 is 0 Å². The van der Waals surface area contributed by atoms with Gasteiger partial charge in [-0.25, -0.2) is 19.6 Å². The average molecular weight is 290 g/mol. The Morgan fingerprint density at radius 1 is 0.700 bits per heavy atom. The van der Waals surface area contributed by atoms with Crippen molar-refractivity contribution in [3.8, 4) is 0 Å². The maximum Gasteiger partial charge on any atom is 0.101 e. The van der Waals surface area contributed by atoms with E-state index in [0.717, 1.165) is 0 Å². The van der Waals surface area contributed by atoms with Gasteiger partial charge in [0.25, 0.3) is 0 Å². The van der Waals surface area contributed by atoms with Crippen LogP contribution in [0.25, 0.3) is 0 Å². The Bertz CT molecular complexity index is 271. The number of rotatable bonds is 7. The predicted molar refractivity (Wildman–Crippen MR) is 81.2 cm³/mol. The lowest BCUT2D eigenvalue weighted by Gasteiger charge is -2.33. The van der Waals surface area contributed by atoms with Crippen molar-refractivity contribution in [1.29, 1.82) is 0 Å². The molecular weight excluding hydrogens is 256 g/mol. The largest absolute Gasteiger partial charge is 0.232 e. The molecule has 0 aliphatic rings. The third kappa shape index (κ3) is 10.6. The monoisotopic (exact) mass is 290 g/mol. The molecule has 0 fully saturated rings. The smallest absolute Gasteiger partial charge is 0.101 e. The van der Waals surface area contributed by atoms with E-state index in [1.165, 1.54) is 0 Å². The number of hydrogen-bond donors (Lipinski definition) is 0. The Hall–Kier alpha value is -0.160. The van der Waals surface area contributed by atoms with Gasteiger partial charge in [-0.05, 0) is 61.3 Å². The van der Waals surface area contributed by atoms with Gasteiger partial charge in [-0.15, -0.1) is 0 Å². The molecule has 0 aliphatic carbocycles. The predicted octanol–water partition coefficient (Wildman–Crippen LogP) is 4.67. The Morgan fingerprint density at radius 2 is 1.15 bits per heavy atom. The highest BCUT2D eigenvalue weighted by molar-refractivity contribution is 4.75. The van der Waals surface area contributed by atoms with Gasteiger partial charge < -0.3 is 0 Å². The first-order chi connectivity index (χ1) is 8.72. The van der Waals surface area contributed by atoms with Gasteiger partial charge >= 0.3 is 0 Å². The van der Waals surface area contributed by atoms with Gasteiger partial charge in [0.1, 0.15) is 5.60 Å². The third-order valence-corrected chi connectivity index (χ3v) is 2.38. The molecular formula is C16H34O4. The molecule has 0 saturated heterocycles. The van der Waals surface area contributed by atoms with E-state index in [-0.39, 0.29) is 17.3 Å². The van der Waals surface area contributed by atoms with E-state index in [9.17, 15) is 0 Å². The van der Waals surface area contributed by atoms with Crippen molar-refractivity contribution in [2.45, 2.75) is 98.6 Å². The van der Waals surface area contributed by atoms with Crippen LogP contribution in [0, 0.1) is 5.92 Å². The Morgan fingerprint density at radius 3 is 1.50 bits per heavy atom. The first-order valence-corrected chi connectivity index (χ1v) is 7.43. The second-order valence-corrected chi connectivity index (χ2v) is 8.32. The highest BCUT2D eigenvalue weighted by atomic mass is 17.2. The molecule has 4 nitrogen and oxygen atoms in total. The van der Waals surface area contributed by atoms with Crippen LogP contribution < -0.4 is 0 Å². The van der Waals surface area contributed by atoms with Crippen LogP contribution in [0.1, 0.15) is 75.7 Å². The summed E-state index contributed by atoms with van der Waals surface area (Å²) < 4.78 is 0. The maximum absolute atomic E-state index is 5.60. The zero-order valence-electron chi connectivity index (χ0n) is 15.0. The second kappa shape index (κ2) is 7.21. The van der Waals surface area contributed by atoms with Crippen molar-refractivity contribution < 1.29 is 19.6 Å². The van der Waals surface area contributed by atoms with Crippen molar-refractivity contribution in [2.24, 2.45) is 5.92 Å². The Balaban J connectivity index is 4.49. The molecule has 0 aromatic rings. The van der Waals surface area contributed by atoms with Crippen LogP contribution >= 0.6 is 0 Å². The van der Waals surface area contributed by atoms with E-state index >= 15 is 0 Å². The number of hydrogen-bond acceptors (Lipinski definition) is 4. The van der Waals surface area contributed by atoms with Crippen molar-refractivity contribution in [2.75, 3.05) is 0 Å². The van der Waals surface area contributed by atoms with Gasteiger partial charge in [0, 0.05) is 6.42 Å². The SMILES string of the molecule is CC(C)C(CC(C)(C)OOC(C)(C)C)OOC(C)(C)C. The summed E-state index contributed by atoms with van der Waals surface area (Å²) in [5, 5.41) is 0. The summed E-state index contributed by atoms with van der Waals surface area (Å²) in [6.45, 7) is 20.0. The Labute approximate surface area is 125 Å². The molecule has 4 heteroatoms. The molecule has 0 N–H and O–H groups in total. The molecule has 0 amide bonds. The standard InChI is InChI=1S/C16H34O4/c1-12(2)13(17-18-14(3,4)5)11-16(9,10)20-19-15(6,7)8/h12-13H,11H2,1-10H3. The summed E-state index contributed by atoms with van der Waals surface area (Å²) in [6.07, 6.45) is 0.643. The lowest BCUT2D eigenvalue weighted by Crippen LogP contribution is -2.37. The van der Waals surface area contributed by atoms with Crippen molar-refractivity contribution in [1.82, 2.24) is 0 Å². The summed E-state index contributed by atoms with van der Waals surface area (Å²) >= 11 is 0. The minimum Gasteiger partial charge on any atom is -0.232 e. The van der Waals surface area contributed by atoms with Crippen LogP contribution in [0.5, 0.6) is 0 Å². The van der Waals surface area contributed by atoms with Gasteiger partial charge in [-0.1, -0.05) is 13.8 Å². The normalized spacial score (nSPS) is 15.8. The van der Waals surface area contributed by atoms with E-state index in [1.54, 1.807) is 0 Å². The van der Waals surface area contributed by atoms with E-state index in [1.807, 2.05) is 55.4 Å².